The smallest absolute Gasteiger partial charge is 0.251 e. The lowest BCUT2D eigenvalue weighted by molar-refractivity contribution is 0.0954. The van der Waals surface area contributed by atoms with E-state index in [2.05, 4.69) is 27.3 Å². The first-order chi connectivity index (χ1) is 10.2. The van der Waals surface area contributed by atoms with E-state index in [4.69, 9.17) is 4.74 Å². The molecule has 0 bridgehead atoms. The number of nitrogens with one attached hydrogen (secondary N) is 1. The van der Waals surface area contributed by atoms with Crippen LogP contribution >= 0.6 is 15.9 Å². The van der Waals surface area contributed by atoms with Crippen LogP contribution in [0.2, 0.25) is 0 Å². The van der Waals surface area contributed by atoms with Gasteiger partial charge < -0.3 is 10.1 Å². The Balaban J connectivity index is 1.85. The van der Waals surface area contributed by atoms with E-state index >= 15 is 0 Å². The van der Waals surface area contributed by atoms with E-state index in [-0.39, 0.29) is 5.91 Å². The van der Waals surface area contributed by atoms with Gasteiger partial charge in [-0.2, -0.15) is 0 Å². The first-order valence-corrected chi connectivity index (χ1v) is 8.38. The van der Waals surface area contributed by atoms with Gasteiger partial charge in [-0.1, -0.05) is 11.6 Å². The first-order valence-electron chi connectivity index (χ1n) is 7.59. The SMILES string of the molecule is CCOc1ccc(C(=O)NCCC2=CCCCC2)cc1Br. The maximum atomic E-state index is 12.1. The molecule has 2 rings (SSSR count). The number of hydrogen-bond donors (Lipinski definition) is 1. The standard InChI is InChI=1S/C17H22BrNO2/c1-2-21-16-9-8-14(12-15(16)18)17(20)19-11-10-13-6-4-3-5-7-13/h6,8-9,12H,2-5,7,10-11H2,1H3,(H,19,20). The van der Waals surface area contributed by atoms with Gasteiger partial charge in [0, 0.05) is 12.1 Å². The average molecular weight is 352 g/mol. The second kappa shape index (κ2) is 8.23. The summed E-state index contributed by atoms with van der Waals surface area (Å²) in [5.41, 5.74) is 2.14. The Morgan fingerprint density at radius 1 is 1.38 bits per heavy atom. The van der Waals surface area contributed by atoms with Gasteiger partial charge in [0.15, 0.2) is 0 Å². The molecule has 1 N–H and O–H groups in total. The minimum Gasteiger partial charge on any atom is -0.493 e. The molecule has 0 atom stereocenters. The largest absolute Gasteiger partial charge is 0.493 e. The highest BCUT2D eigenvalue weighted by atomic mass is 79.9. The molecule has 1 aromatic rings. The van der Waals surface area contributed by atoms with E-state index in [1.807, 2.05) is 13.0 Å². The highest BCUT2D eigenvalue weighted by Crippen LogP contribution is 2.26. The van der Waals surface area contributed by atoms with Gasteiger partial charge in [0.1, 0.15) is 5.75 Å². The molecule has 1 amide bonds. The number of carbonyl (C=O) groups is 1. The molecular formula is C17H22BrNO2. The molecule has 1 aliphatic rings. The summed E-state index contributed by atoms with van der Waals surface area (Å²) in [5.74, 6) is 0.733. The highest BCUT2D eigenvalue weighted by molar-refractivity contribution is 9.10. The van der Waals surface area contributed by atoms with E-state index in [9.17, 15) is 4.79 Å². The summed E-state index contributed by atoms with van der Waals surface area (Å²) in [4.78, 5) is 12.1. The Morgan fingerprint density at radius 2 is 2.24 bits per heavy atom. The number of allylic oxidation sites excluding steroid dienone is 1. The molecule has 1 aromatic carbocycles. The van der Waals surface area contributed by atoms with Crippen molar-refractivity contribution in [2.75, 3.05) is 13.2 Å². The van der Waals surface area contributed by atoms with E-state index < -0.39 is 0 Å². The van der Waals surface area contributed by atoms with Crippen LogP contribution in [0.15, 0.2) is 34.3 Å². The Bertz CT molecular complexity index is 526. The number of ether oxygens (including phenoxy) is 1. The molecular weight excluding hydrogens is 330 g/mol. The van der Waals surface area contributed by atoms with Crippen molar-refractivity contribution in [3.8, 4) is 5.75 Å². The van der Waals surface area contributed by atoms with Gasteiger partial charge in [0.25, 0.3) is 5.91 Å². The van der Waals surface area contributed by atoms with Gasteiger partial charge in [0.05, 0.1) is 11.1 Å². The third-order valence-electron chi connectivity index (χ3n) is 3.61. The molecule has 0 spiro atoms. The van der Waals surface area contributed by atoms with Crippen LogP contribution in [-0.2, 0) is 0 Å². The van der Waals surface area contributed by atoms with Crippen LogP contribution in [0.1, 0.15) is 49.4 Å². The van der Waals surface area contributed by atoms with Gasteiger partial charge in [-0.15, -0.1) is 0 Å². The average Bonchev–Trinajstić information content (AvgIpc) is 2.50. The molecule has 0 radical (unpaired) electrons. The maximum absolute atomic E-state index is 12.1. The number of hydrogen-bond acceptors (Lipinski definition) is 2. The zero-order chi connectivity index (χ0) is 15.1. The van der Waals surface area contributed by atoms with Gasteiger partial charge in [-0.25, -0.2) is 0 Å². The molecule has 0 heterocycles. The number of halogens is 1. The van der Waals surface area contributed by atoms with Crippen molar-refractivity contribution < 1.29 is 9.53 Å². The van der Waals surface area contributed by atoms with E-state index in [1.54, 1.807) is 12.1 Å². The molecule has 21 heavy (non-hydrogen) atoms. The minimum atomic E-state index is -0.0323. The first kappa shape index (κ1) is 16.1. The molecule has 3 nitrogen and oxygen atoms in total. The van der Waals surface area contributed by atoms with Crippen LogP contribution in [0.25, 0.3) is 0 Å². The van der Waals surface area contributed by atoms with Crippen molar-refractivity contribution in [2.24, 2.45) is 0 Å². The molecule has 0 fully saturated rings. The predicted octanol–water partition coefficient (Wildman–Crippen LogP) is 4.47. The Kier molecular flexibility index (Phi) is 6.30. The zero-order valence-electron chi connectivity index (χ0n) is 12.5. The minimum absolute atomic E-state index is 0.0323. The van der Waals surface area contributed by atoms with Crippen LogP contribution < -0.4 is 10.1 Å². The molecule has 4 heteroatoms. The molecule has 114 valence electrons. The summed E-state index contributed by atoms with van der Waals surface area (Å²) in [5, 5.41) is 2.98. The van der Waals surface area contributed by atoms with Crippen molar-refractivity contribution in [1.29, 1.82) is 0 Å². The fraction of sp³-hybridized carbons (Fsp3) is 0.471. The zero-order valence-corrected chi connectivity index (χ0v) is 14.0. The summed E-state index contributed by atoms with van der Waals surface area (Å²) in [7, 11) is 0. The predicted molar refractivity (Wildman–Crippen MR) is 88.8 cm³/mol. The molecule has 0 unspecified atom stereocenters. The van der Waals surface area contributed by atoms with Crippen molar-refractivity contribution >= 4 is 21.8 Å². The highest BCUT2D eigenvalue weighted by Gasteiger charge is 2.09. The number of carbonyl (C=O) groups excluding carboxylic acids is 1. The topological polar surface area (TPSA) is 38.3 Å². The van der Waals surface area contributed by atoms with Crippen molar-refractivity contribution in [3.05, 3.63) is 39.9 Å². The molecule has 0 saturated heterocycles. The Hall–Kier alpha value is -1.29. The monoisotopic (exact) mass is 351 g/mol. The van der Waals surface area contributed by atoms with E-state index in [0.29, 0.717) is 18.7 Å². The molecule has 1 aliphatic carbocycles. The van der Waals surface area contributed by atoms with Crippen molar-refractivity contribution in [1.82, 2.24) is 5.32 Å². The number of benzene rings is 1. The van der Waals surface area contributed by atoms with Crippen molar-refractivity contribution in [2.45, 2.75) is 39.0 Å². The fourth-order valence-corrected chi connectivity index (χ4v) is 2.98. The Morgan fingerprint density at radius 3 is 2.90 bits per heavy atom. The summed E-state index contributed by atoms with van der Waals surface area (Å²) in [6.07, 6.45) is 8.24. The normalized spacial score (nSPS) is 14.5. The van der Waals surface area contributed by atoms with E-state index in [0.717, 1.165) is 16.6 Å². The summed E-state index contributed by atoms with van der Waals surface area (Å²) in [6, 6.07) is 5.43. The lowest BCUT2D eigenvalue weighted by Gasteiger charge is -2.13. The van der Waals surface area contributed by atoms with Crippen LogP contribution in [0.5, 0.6) is 5.75 Å². The summed E-state index contributed by atoms with van der Waals surface area (Å²) in [6.45, 7) is 3.25. The maximum Gasteiger partial charge on any atom is 0.251 e. The number of rotatable bonds is 6. The second-order valence-corrected chi connectivity index (χ2v) is 6.05. The fourth-order valence-electron chi connectivity index (χ4n) is 2.48. The molecule has 0 aromatic heterocycles. The number of amides is 1. The van der Waals surface area contributed by atoms with Crippen LogP contribution in [0.3, 0.4) is 0 Å². The van der Waals surface area contributed by atoms with Crippen LogP contribution in [-0.4, -0.2) is 19.1 Å². The quantitative estimate of drug-likeness (QED) is 0.768. The third kappa shape index (κ3) is 4.88. The van der Waals surface area contributed by atoms with Crippen LogP contribution in [0.4, 0.5) is 0 Å². The second-order valence-electron chi connectivity index (χ2n) is 5.19. The van der Waals surface area contributed by atoms with Gasteiger partial charge in [0.2, 0.25) is 0 Å². The lowest BCUT2D eigenvalue weighted by Crippen LogP contribution is -2.24. The van der Waals surface area contributed by atoms with Gasteiger partial charge in [-0.3, -0.25) is 4.79 Å². The van der Waals surface area contributed by atoms with Gasteiger partial charge in [-0.05, 0) is 73.2 Å². The van der Waals surface area contributed by atoms with Crippen molar-refractivity contribution in [3.63, 3.8) is 0 Å². The summed E-state index contributed by atoms with van der Waals surface area (Å²) >= 11 is 3.43. The van der Waals surface area contributed by atoms with Crippen LogP contribution in [0, 0.1) is 0 Å². The molecule has 0 saturated carbocycles. The summed E-state index contributed by atoms with van der Waals surface area (Å²) < 4.78 is 6.26. The molecule has 0 aliphatic heterocycles. The third-order valence-corrected chi connectivity index (χ3v) is 4.23. The van der Waals surface area contributed by atoms with E-state index in [1.165, 1.54) is 31.3 Å². The van der Waals surface area contributed by atoms with Gasteiger partial charge >= 0.3 is 0 Å². The Labute approximate surface area is 134 Å². The lowest BCUT2D eigenvalue weighted by atomic mass is 9.97.